The highest BCUT2D eigenvalue weighted by atomic mass is 16.5. The third-order valence-electron chi connectivity index (χ3n) is 5.79. The van der Waals surface area contributed by atoms with Crippen LogP contribution in [0.15, 0.2) is 36.7 Å². The molecule has 4 bridgehead atoms. The molecule has 0 radical (unpaired) electrons. The van der Waals surface area contributed by atoms with Crippen LogP contribution < -0.4 is 9.47 Å². The van der Waals surface area contributed by atoms with Gasteiger partial charge in [-0.2, -0.15) is 5.10 Å². The fourth-order valence-electron chi connectivity index (χ4n) is 4.21. The van der Waals surface area contributed by atoms with E-state index < -0.39 is 0 Å². The summed E-state index contributed by atoms with van der Waals surface area (Å²) in [6.07, 6.45) is 7.50. The normalized spacial score (nSPS) is 24.8. The van der Waals surface area contributed by atoms with Gasteiger partial charge in [-0.1, -0.05) is 0 Å². The van der Waals surface area contributed by atoms with Gasteiger partial charge in [-0.05, 0) is 57.4 Å². The number of hydrogen-bond donors (Lipinski definition) is 0. The van der Waals surface area contributed by atoms with Crippen molar-refractivity contribution in [3.05, 3.63) is 36.7 Å². The summed E-state index contributed by atoms with van der Waals surface area (Å²) in [5, 5.41) is 6.02. The van der Waals surface area contributed by atoms with E-state index in [-0.39, 0.29) is 18.4 Å². The Hall–Kier alpha value is -2.64. The molecule has 7 nitrogen and oxygen atoms in total. The third-order valence-corrected chi connectivity index (χ3v) is 5.79. The molecule has 1 aromatic carbocycles. The number of rotatable bonds is 1. The number of aromatic nitrogens is 3. The maximum atomic E-state index is 6.19. The van der Waals surface area contributed by atoms with Gasteiger partial charge in [0.05, 0.1) is 31.0 Å². The minimum Gasteiger partial charge on any atom is -0.491 e. The average molecular weight is 424 g/mol. The van der Waals surface area contributed by atoms with E-state index in [0.717, 1.165) is 60.2 Å². The zero-order chi connectivity index (χ0) is 21.2. The lowest BCUT2D eigenvalue weighted by molar-refractivity contribution is -0.0365. The van der Waals surface area contributed by atoms with E-state index in [4.69, 9.17) is 24.0 Å². The van der Waals surface area contributed by atoms with Crippen LogP contribution in [-0.2, 0) is 9.47 Å². The van der Waals surface area contributed by atoms with Gasteiger partial charge < -0.3 is 18.9 Å². The lowest BCUT2D eigenvalue weighted by Gasteiger charge is -2.23. The Balaban J connectivity index is 1.63. The number of nitrogens with zero attached hydrogens (tertiary/aromatic N) is 3. The van der Waals surface area contributed by atoms with Gasteiger partial charge >= 0.3 is 0 Å². The Morgan fingerprint density at radius 2 is 1.84 bits per heavy atom. The molecule has 0 N–H and O–H groups in total. The van der Waals surface area contributed by atoms with Gasteiger partial charge in [0, 0.05) is 30.2 Å². The van der Waals surface area contributed by atoms with Gasteiger partial charge in [0.25, 0.3) is 0 Å². The zero-order valence-electron chi connectivity index (χ0n) is 18.1. The predicted molar refractivity (Wildman–Crippen MR) is 117 cm³/mol. The Labute approximate surface area is 182 Å². The predicted octanol–water partition coefficient (Wildman–Crippen LogP) is 4.75. The summed E-state index contributed by atoms with van der Waals surface area (Å²) in [5.41, 5.74) is 2.80. The molecule has 3 atom stereocenters. The summed E-state index contributed by atoms with van der Waals surface area (Å²) in [6.45, 7) is 5.98. The summed E-state index contributed by atoms with van der Waals surface area (Å²) >= 11 is 0. The highest BCUT2D eigenvalue weighted by Gasteiger charge is 2.23. The van der Waals surface area contributed by atoms with Crippen LogP contribution in [0.25, 0.3) is 22.2 Å². The molecule has 1 saturated heterocycles. The summed E-state index contributed by atoms with van der Waals surface area (Å²) < 4.78 is 26.1. The minimum atomic E-state index is -0.0762. The molecule has 2 aliphatic rings. The van der Waals surface area contributed by atoms with Crippen LogP contribution in [0.5, 0.6) is 11.5 Å². The van der Waals surface area contributed by atoms with Gasteiger partial charge in [0.15, 0.2) is 6.23 Å². The van der Waals surface area contributed by atoms with Crippen molar-refractivity contribution >= 4 is 10.9 Å². The molecule has 2 aliphatic heterocycles. The van der Waals surface area contributed by atoms with Crippen molar-refractivity contribution in [3.8, 4) is 22.8 Å². The lowest BCUT2D eigenvalue weighted by atomic mass is 10.1. The highest BCUT2D eigenvalue weighted by molar-refractivity contribution is 5.94. The van der Waals surface area contributed by atoms with Crippen molar-refractivity contribution in [1.82, 2.24) is 14.8 Å². The topological polar surface area (TPSA) is 67.6 Å². The van der Waals surface area contributed by atoms with Gasteiger partial charge in [0.1, 0.15) is 23.3 Å². The Morgan fingerprint density at radius 1 is 0.935 bits per heavy atom. The van der Waals surface area contributed by atoms with Crippen LogP contribution in [-0.4, -0.2) is 46.8 Å². The van der Waals surface area contributed by atoms with Crippen LogP contribution in [0.4, 0.5) is 0 Å². The van der Waals surface area contributed by atoms with E-state index in [1.54, 1.807) is 6.20 Å². The molecule has 31 heavy (non-hydrogen) atoms. The Morgan fingerprint density at radius 3 is 2.71 bits per heavy atom. The average Bonchev–Trinajstić information content (AvgIpc) is 3.16. The first-order chi connectivity index (χ1) is 15.2. The molecule has 7 heteroatoms. The number of fused-ring (bicyclic) bond motifs is 4. The fraction of sp³-hybridized carbons (Fsp3) is 0.500. The highest BCUT2D eigenvalue weighted by Crippen LogP contribution is 2.35. The number of pyridine rings is 1. The van der Waals surface area contributed by atoms with E-state index in [0.29, 0.717) is 19.0 Å². The van der Waals surface area contributed by atoms with Crippen LogP contribution in [0.2, 0.25) is 0 Å². The molecule has 0 saturated carbocycles. The van der Waals surface area contributed by atoms with Crippen molar-refractivity contribution in [2.45, 2.75) is 58.0 Å². The molecule has 3 aromatic rings. The van der Waals surface area contributed by atoms with E-state index in [1.807, 2.05) is 29.9 Å². The summed E-state index contributed by atoms with van der Waals surface area (Å²) in [6, 6.07) is 8.16. The first-order valence-corrected chi connectivity index (χ1v) is 11.2. The summed E-state index contributed by atoms with van der Waals surface area (Å²) in [5.74, 6) is 1.54. The maximum Gasteiger partial charge on any atom is 0.150 e. The molecule has 164 valence electrons. The molecular formula is C24H29N3O4. The van der Waals surface area contributed by atoms with Gasteiger partial charge in [-0.15, -0.1) is 0 Å². The van der Waals surface area contributed by atoms with Crippen LogP contribution in [0.3, 0.4) is 0 Å². The molecule has 0 spiro atoms. The molecule has 0 amide bonds. The molecule has 4 heterocycles. The first kappa shape index (κ1) is 20.3. The van der Waals surface area contributed by atoms with Gasteiger partial charge in [-0.3, -0.25) is 4.98 Å². The zero-order valence-corrected chi connectivity index (χ0v) is 18.1. The molecular weight excluding hydrogens is 394 g/mol. The van der Waals surface area contributed by atoms with Crippen molar-refractivity contribution < 1.29 is 18.9 Å². The second-order valence-electron chi connectivity index (χ2n) is 8.42. The Bertz CT molecular complexity index is 1040. The number of hydrogen-bond acceptors (Lipinski definition) is 6. The molecule has 5 rings (SSSR count). The minimum absolute atomic E-state index is 0.0432. The van der Waals surface area contributed by atoms with Crippen LogP contribution >= 0.6 is 0 Å². The van der Waals surface area contributed by atoms with Crippen molar-refractivity contribution in [2.75, 3.05) is 19.8 Å². The molecule has 1 unspecified atom stereocenters. The second kappa shape index (κ2) is 8.85. The molecule has 1 fully saturated rings. The third kappa shape index (κ3) is 4.38. The van der Waals surface area contributed by atoms with Crippen molar-refractivity contribution in [3.63, 3.8) is 0 Å². The van der Waals surface area contributed by atoms with Crippen LogP contribution in [0.1, 0.15) is 45.8 Å². The fourth-order valence-corrected chi connectivity index (χ4v) is 4.21. The van der Waals surface area contributed by atoms with Crippen molar-refractivity contribution in [2.24, 2.45) is 0 Å². The van der Waals surface area contributed by atoms with Gasteiger partial charge in [-0.25, -0.2) is 4.68 Å². The number of ether oxygens (including phenoxy) is 4. The number of benzene rings is 1. The van der Waals surface area contributed by atoms with E-state index in [2.05, 4.69) is 24.0 Å². The molecule has 0 aliphatic carbocycles. The first-order valence-electron chi connectivity index (χ1n) is 11.2. The monoisotopic (exact) mass is 423 g/mol. The summed E-state index contributed by atoms with van der Waals surface area (Å²) in [4.78, 5) is 4.41. The van der Waals surface area contributed by atoms with Gasteiger partial charge in [0.2, 0.25) is 0 Å². The van der Waals surface area contributed by atoms with E-state index >= 15 is 0 Å². The van der Waals surface area contributed by atoms with Crippen LogP contribution in [0, 0.1) is 0 Å². The SMILES string of the molecule is C[C@H]1CCOC[C@H](C)Oc2cncc(c2)-c2nn(C3CCCCO3)c3ccc(cc23)O1. The van der Waals surface area contributed by atoms with Crippen molar-refractivity contribution in [1.29, 1.82) is 0 Å². The summed E-state index contributed by atoms with van der Waals surface area (Å²) in [7, 11) is 0. The molecule has 2 aromatic heterocycles. The van der Waals surface area contributed by atoms with E-state index in [9.17, 15) is 0 Å². The quantitative estimate of drug-likeness (QED) is 0.563. The lowest BCUT2D eigenvalue weighted by Crippen LogP contribution is -2.21. The van der Waals surface area contributed by atoms with E-state index in [1.165, 1.54) is 0 Å². The second-order valence-corrected chi connectivity index (χ2v) is 8.42. The maximum absolute atomic E-state index is 6.19. The largest absolute Gasteiger partial charge is 0.491 e. The standard InChI is InChI=1S/C24H29N3O4/c1-16-8-10-28-15-17(2)31-20-11-18(13-25-14-20)24-21-12-19(30-16)6-7-22(21)27(26-24)23-5-3-4-9-29-23/h6-7,11-14,16-17,23H,3-5,8-10,15H2,1-2H3/t16-,17-,23?/m0/s1. The smallest absolute Gasteiger partial charge is 0.150 e. The Kier molecular flexibility index (Phi) is 5.78.